The van der Waals surface area contributed by atoms with Crippen molar-refractivity contribution in [2.24, 2.45) is 10.9 Å². The molecule has 1 aliphatic heterocycles. The molecule has 3 rings (SSSR count). The SMILES string of the molecule is CN=C(NCC(C)Cc1cccs1)NC1CCN(c2cccc(C)n2)CC1.I. The van der Waals surface area contributed by atoms with Gasteiger partial charge in [-0.25, -0.2) is 4.98 Å². The van der Waals surface area contributed by atoms with E-state index < -0.39 is 0 Å². The molecule has 5 nitrogen and oxygen atoms in total. The summed E-state index contributed by atoms with van der Waals surface area (Å²) in [5, 5.41) is 9.24. The Labute approximate surface area is 190 Å². The van der Waals surface area contributed by atoms with E-state index in [0.717, 1.165) is 56.4 Å². The molecule has 0 saturated carbocycles. The van der Waals surface area contributed by atoms with Gasteiger partial charge in [0.25, 0.3) is 0 Å². The molecule has 154 valence electrons. The predicted molar refractivity (Wildman–Crippen MR) is 131 cm³/mol. The molecule has 7 heteroatoms. The first kappa shape index (κ1) is 22.9. The number of rotatable bonds is 6. The molecule has 2 N–H and O–H groups in total. The summed E-state index contributed by atoms with van der Waals surface area (Å²) in [6.45, 7) is 7.32. The van der Waals surface area contributed by atoms with Crippen LogP contribution in [-0.4, -0.2) is 43.7 Å². The number of aryl methyl sites for hydroxylation is 1. The Kier molecular flexibility index (Phi) is 9.50. The smallest absolute Gasteiger partial charge is 0.191 e. The van der Waals surface area contributed by atoms with E-state index in [4.69, 9.17) is 0 Å². The van der Waals surface area contributed by atoms with Crippen molar-refractivity contribution in [3.05, 3.63) is 46.3 Å². The average Bonchev–Trinajstić information content (AvgIpc) is 3.18. The summed E-state index contributed by atoms with van der Waals surface area (Å²) in [4.78, 5) is 12.9. The molecule has 0 bridgehead atoms. The number of nitrogens with zero attached hydrogens (tertiary/aromatic N) is 3. The second kappa shape index (κ2) is 11.6. The van der Waals surface area contributed by atoms with Crippen molar-refractivity contribution in [1.82, 2.24) is 15.6 Å². The van der Waals surface area contributed by atoms with Gasteiger partial charge in [-0.15, -0.1) is 35.3 Å². The van der Waals surface area contributed by atoms with E-state index in [1.54, 1.807) is 0 Å². The highest BCUT2D eigenvalue weighted by Crippen LogP contribution is 2.18. The van der Waals surface area contributed by atoms with Gasteiger partial charge >= 0.3 is 0 Å². The van der Waals surface area contributed by atoms with E-state index in [1.807, 2.05) is 31.4 Å². The molecule has 1 fully saturated rings. The maximum atomic E-state index is 4.65. The average molecular weight is 513 g/mol. The number of pyridine rings is 1. The fourth-order valence-corrected chi connectivity index (χ4v) is 4.33. The third-order valence-electron chi connectivity index (χ3n) is 5.00. The number of aromatic nitrogens is 1. The molecule has 0 amide bonds. The number of anilines is 1. The van der Waals surface area contributed by atoms with Crippen molar-refractivity contribution >= 4 is 47.1 Å². The predicted octanol–water partition coefficient (Wildman–Crippen LogP) is 4.08. The molecule has 1 saturated heterocycles. The van der Waals surface area contributed by atoms with Crippen LogP contribution in [0.3, 0.4) is 0 Å². The molecule has 3 heterocycles. The van der Waals surface area contributed by atoms with Crippen LogP contribution >= 0.6 is 35.3 Å². The third-order valence-corrected chi connectivity index (χ3v) is 5.90. The van der Waals surface area contributed by atoms with Crippen LogP contribution in [0.15, 0.2) is 40.7 Å². The number of hydrogen-bond acceptors (Lipinski definition) is 4. The Morgan fingerprint density at radius 3 is 2.71 bits per heavy atom. The minimum atomic E-state index is 0. The Morgan fingerprint density at radius 2 is 2.07 bits per heavy atom. The number of thiophene rings is 1. The lowest BCUT2D eigenvalue weighted by Gasteiger charge is -2.34. The van der Waals surface area contributed by atoms with E-state index in [9.17, 15) is 0 Å². The minimum Gasteiger partial charge on any atom is -0.356 e. The Hall–Kier alpha value is -1.35. The van der Waals surface area contributed by atoms with Gasteiger partial charge in [0.15, 0.2) is 5.96 Å². The summed E-state index contributed by atoms with van der Waals surface area (Å²) in [6.07, 6.45) is 3.31. The molecule has 0 spiro atoms. The van der Waals surface area contributed by atoms with Crippen LogP contribution in [-0.2, 0) is 6.42 Å². The highest BCUT2D eigenvalue weighted by Gasteiger charge is 2.21. The third kappa shape index (κ3) is 6.92. The van der Waals surface area contributed by atoms with Crippen LogP contribution in [0.25, 0.3) is 0 Å². The Balaban J connectivity index is 0.00000280. The number of piperidine rings is 1. The van der Waals surface area contributed by atoms with Gasteiger partial charge < -0.3 is 15.5 Å². The van der Waals surface area contributed by atoms with E-state index in [0.29, 0.717) is 12.0 Å². The zero-order valence-corrected chi connectivity index (χ0v) is 20.2. The van der Waals surface area contributed by atoms with Gasteiger partial charge in [-0.05, 0) is 55.7 Å². The van der Waals surface area contributed by atoms with Gasteiger partial charge in [0.1, 0.15) is 5.82 Å². The normalized spacial score (nSPS) is 16.4. The monoisotopic (exact) mass is 513 g/mol. The lowest BCUT2D eigenvalue weighted by atomic mass is 10.0. The summed E-state index contributed by atoms with van der Waals surface area (Å²) < 4.78 is 0. The van der Waals surface area contributed by atoms with Crippen molar-refractivity contribution < 1.29 is 0 Å². The fraction of sp³-hybridized carbons (Fsp3) is 0.524. The standard InChI is InChI=1S/C21H31N5S.HI/c1-16(14-19-7-5-13-27-19)15-23-21(22-3)25-18-9-11-26(12-10-18)20-8-4-6-17(2)24-20;/h4-8,13,16,18H,9-12,14-15H2,1-3H3,(H2,22,23,25);1H. The van der Waals surface area contributed by atoms with E-state index >= 15 is 0 Å². The Morgan fingerprint density at radius 1 is 1.29 bits per heavy atom. The van der Waals surface area contributed by atoms with E-state index in [-0.39, 0.29) is 24.0 Å². The van der Waals surface area contributed by atoms with Crippen molar-refractivity contribution in [2.75, 3.05) is 31.6 Å². The molecule has 2 aromatic rings. The molecular weight excluding hydrogens is 481 g/mol. The zero-order valence-electron chi connectivity index (χ0n) is 17.0. The number of halogens is 1. The fourth-order valence-electron chi connectivity index (χ4n) is 3.46. The van der Waals surface area contributed by atoms with Crippen molar-refractivity contribution in [3.63, 3.8) is 0 Å². The lowest BCUT2D eigenvalue weighted by Crippen LogP contribution is -2.49. The van der Waals surface area contributed by atoms with Crippen LogP contribution in [0.5, 0.6) is 0 Å². The van der Waals surface area contributed by atoms with Crippen molar-refractivity contribution in [3.8, 4) is 0 Å². The van der Waals surface area contributed by atoms with Gasteiger partial charge in [-0.2, -0.15) is 0 Å². The first-order chi connectivity index (χ1) is 13.1. The molecule has 1 unspecified atom stereocenters. The van der Waals surface area contributed by atoms with E-state index in [2.05, 4.69) is 62.1 Å². The lowest BCUT2D eigenvalue weighted by molar-refractivity contribution is 0.456. The number of hydrogen-bond donors (Lipinski definition) is 2. The van der Waals surface area contributed by atoms with E-state index in [1.165, 1.54) is 4.88 Å². The largest absolute Gasteiger partial charge is 0.356 e. The van der Waals surface area contributed by atoms with Crippen LogP contribution < -0.4 is 15.5 Å². The van der Waals surface area contributed by atoms with Gasteiger partial charge in [0.05, 0.1) is 0 Å². The van der Waals surface area contributed by atoms with Gasteiger partial charge in [-0.3, -0.25) is 4.99 Å². The summed E-state index contributed by atoms with van der Waals surface area (Å²) in [7, 11) is 1.85. The molecule has 2 aromatic heterocycles. The summed E-state index contributed by atoms with van der Waals surface area (Å²) in [5.41, 5.74) is 1.08. The van der Waals surface area contributed by atoms with Gasteiger partial charge in [0, 0.05) is 43.3 Å². The van der Waals surface area contributed by atoms with Crippen LogP contribution in [0, 0.1) is 12.8 Å². The quantitative estimate of drug-likeness (QED) is 0.347. The van der Waals surface area contributed by atoms with Crippen molar-refractivity contribution in [1.29, 1.82) is 0 Å². The van der Waals surface area contributed by atoms with Crippen LogP contribution in [0.2, 0.25) is 0 Å². The van der Waals surface area contributed by atoms with Crippen LogP contribution in [0.1, 0.15) is 30.3 Å². The second-order valence-corrected chi connectivity index (χ2v) is 8.42. The molecule has 1 atom stereocenters. The number of nitrogens with one attached hydrogen (secondary N) is 2. The summed E-state index contributed by atoms with van der Waals surface area (Å²) >= 11 is 1.84. The minimum absolute atomic E-state index is 0. The summed E-state index contributed by atoms with van der Waals surface area (Å²) in [5.74, 6) is 2.59. The maximum absolute atomic E-state index is 4.65. The Bertz CT molecular complexity index is 726. The maximum Gasteiger partial charge on any atom is 0.191 e. The van der Waals surface area contributed by atoms with Crippen LogP contribution in [0.4, 0.5) is 5.82 Å². The topological polar surface area (TPSA) is 52.6 Å². The van der Waals surface area contributed by atoms with Crippen molar-refractivity contribution in [2.45, 2.75) is 39.2 Å². The summed E-state index contributed by atoms with van der Waals surface area (Å²) in [6, 6.07) is 11.0. The molecule has 0 radical (unpaired) electrons. The first-order valence-electron chi connectivity index (χ1n) is 9.82. The molecular formula is C21H32IN5S. The molecule has 0 aromatic carbocycles. The highest BCUT2D eigenvalue weighted by molar-refractivity contribution is 14.0. The molecule has 0 aliphatic carbocycles. The zero-order chi connectivity index (χ0) is 19.1. The number of aliphatic imine (C=N–C) groups is 1. The molecule has 28 heavy (non-hydrogen) atoms. The van der Waals surface area contributed by atoms with Gasteiger partial charge in [-0.1, -0.05) is 19.1 Å². The highest BCUT2D eigenvalue weighted by atomic mass is 127. The number of guanidine groups is 1. The van der Waals surface area contributed by atoms with Gasteiger partial charge in [0.2, 0.25) is 0 Å². The first-order valence-corrected chi connectivity index (χ1v) is 10.7. The second-order valence-electron chi connectivity index (χ2n) is 7.38. The molecule has 1 aliphatic rings.